The van der Waals surface area contributed by atoms with E-state index in [0.717, 1.165) is 15.7 Å². The Morgan fingerprint density at radius 1 is 1.08 bits per heavy atom. The summed E-state index contributed by atoms with van der Waals surface area (Å²) in [5.74, 6) is -0.277. The summed E-state index contributed by atoms with van der Waals surface area (Å²) < 4.78 is 0.966. The monoisotopic (exact) mass is 416 g/mol. The molecule has 1 aromatic heterocycles. The predicted molar refractivity (Wildman–Crippen MR) is 103 cm³/mol. The van der Waals surface area contributed by atoms with Crippen LogP contribution in [0.4, 0.5) is 15.6 Å². The van der Waals surface area contributed by atoms with Crippen LogP contribution in [0.2, 0.25) is 0 Å². The van der Waals surface area contributed by atoms with E-state index in [1.807, 2.05) is 29.6 Å². The molecule has 0 saturated heterocycles. The number of thiazole rings is 1. The number of hydrogen-bond donors (Lipinski definition) is 3. The molecule has 0 radical (unpaired) electrons. The molecule has 6 nitrogen and oxygen atoms in total. The number of urea groups is 1. The summed E-state index contributed by atoms with van der Waals surface area (Å²) >= 11 is 4.78. The first-order valence-corrected chi connectivity index (χ1v) is 8.88. The van der Waals surface area contributed by atoms with E-state index in [4.69, 9.17) is 5.73 Å². The van der Waals surface area contributed by atoms with Crippen molar-refractivity contribution >= 4 is 50.0 Å². The second-order valence-electron chi connectivity index (χ2n) is 5.07. The maximum absolute atomic E-state index is 12.3. The lowest BCUT2D eigenvalue weighted by Crippen LogP contribution is -2.19. The number of primary amides is 1. The molecule has 0 aliphatic rings. The highest BCUT2D eigenvalue weighted by Crippen LogP contribution is 2.27. The maximum Gasteiger partial charge on any atom is 0.316 e. The molecule has 0 fully saturated rings. The molecular formula is C17H13BrN4O2S. The summed E-state index contributed by atoms with van der Waals surface area (Å²) in [5.41, 5.74) is 7.78. The number of halogens is 1. The topological polar surface area (TPSA) is 97.1 Å². The van der Waals surface area contributed by atoms with Gasteiger partial charge in [-0.15, -0.1) is 11.3 Å². The molecule has 0 aliphatic carbocycles. The minimum absolute atomic E-state index is 0.277. The van der Waals surface area contributed by atoms with Crippen LogP contribution in [0.3, 0.4) is 0 Å². The summed E-state index contributed by atoms with van der Waals surface area (Å²) in [7, 11) is 0. The van der Waals surface area contributed by atoms with Gasteiger partial charge in [0, 0.05) is 26.7 Å². The van der Waals surface area contributed by atoms with Crippen LogP contribution >= 0.6 is 27.3 Å². The highest BCUT2D eigenvalue weighted by atomic mass is 79.9. The normalized spacial score (nSPS) is 10.3. The summed E-state index contributed by atoms with van der Waals surface area (Å²) in [5, 5.41) is 7.61. The molecule has 0 aliphatic heterocycles. The van der Waals surface area contributed by atoms with Crippen molar-refractivity contribution in [2.45, 2.75) is 0 Å². The van der Waals surface area contributed by atoms with Crippen molar-refractivity contribution < 1.29 is 9.59 Å². The SMILES string of the molecule is NC(=O)Nc1ccc(C(=O)Nc2nc(-c3cccc(Br)c3)cs2)cc1. The fourth-order valence-electron chi connectivity index (χ4n) is 2.13. The van der Waals surface area contributed by atoms with Crippen LogP contribution in [0.1, 0.15) is 10.4 Å². The molecule has 3 amide bonds. The Bertz CT molecular complexity index is 924. The van der Waals surface area contributed by atoms with Gasteiger partial charge in [-0.1, -0.05) is 28.1 Å². The van der Waals surface area contributed by atoms with Gasteiger partial charge in [0.25, 0.3) is 5.91 Å². The first-order chi connectivity index (χ1) is 12.0. The number of rotatable bonds is 4. The first-order valence-electron chi connectivity index (χ1n) is 7.20. The predicted octanol–water partition coefficient (Wildman–Crippen LogP) is 4.32. The Morgan fingerprint density at radius 2 is 1.84 bits per heavy atom. The van der Waals surface area contributed by atoms with Gasteiger partial charge in [0.2, 0.25) is 0 Å². The zero-order chi connectivity index (χ0) is 17.8. The molecule has 3 rings (SSSR count). The van der Waals surface area contributed by atoms with Crippen molar-refractivity contribution in [2.24, 2.45) is 5.73 Å². The number of aromatic nitrogens is 1. The number of nitrogens with zero attached hydrogens (tertiary/aromatic N) is 1. The number of amides is 3. The molecular weight excluding hydrogens is 404 g/mol. The fourth-order valence-corrected chi connectivity index (χ4v) is 3.24. The van der Waals surface area contributed by atoms with Crippen molar-refractivity contribution in [1.82, 2.24) is 4.98 Å². The van der Waals surface area contributed by atoms with Crippen LogP contribution in [0.25, 0.3) is 11.3 Å². The lowest BCUT2D eigenvalue weighted by Gasteiger charge is -2.04. The third kappa shape index (κ3) is 4.43. The number of anilines is 2. The molecule has 3 aromatic rings. The second-order valence-corrected chi connectivity index (χ2v) is 6.84. The van der Waals surface area contributed by atoms with E-state index in [-0.39, 0.29) is 5.91 Å². The Morgan fingerprint density at radius 3 is 2.52 bits per heavy atom. The van der Waals surface area contributed by atoms with Crippen molar-refractivity contribution in [1.29, 1.82) is 0 Å². The average Bonchev–Trinajstić information content (AvgIpc) is 3.03. The van der Waals surface area contributed by atoms with Gasteiger partial charge in [0.1, 0.15) is 0 Å². The van der Waals surface area contributed by atoms with Gasteiger partial charge in [-0.05, 0) is 36.4 Å². The standard InChI is InChI=1S/C17H13BrN4O2S/c18-12-3-1-2-11(8-12)14-9-25-17(21-14)22-15(23)10-4-6-13(7-5-10)20-16(19)24/h1-9H,(H3,19,20,24)(H,21,22,23). The lowest BCUT2D eigenvalue weighted by atomic mass is 10.2. The molecule has 0 unspecified atom stereocenters. The smallest absolute Gasteiger partial charge is 0.316 e. The van der Waals surface area contributed by atoms with E-state index < -0.39 is 6.03 Å². The number of carbonyl (C=O) groups excluding carboxylic acids is 2. The number of nitrogens with one attached hydrogen (secondary N) is 2. The van der Waals surface area contributed by atoms with Crippen LogP contribution in [0.5, 0.6) is 0 Å². The van der Waals surface area contributed by atoms with Crippen molar-refractivity contribution in [3.05, 3.63) is 63.9 Å². The first kappa shape index (κ1) is 17.1. The van der Waals surface area contributed by atoms with Crippen LogP contribution < -0.4 is 16.4 Å². The van der Waals surface area contributed by atoms with Crippen molar-refractivity contribution in [3.8, 4) is 11.3 Å². The molecule has 4 N–H and O–H groups in total. The van der Waals surface area contributed by atoms with Gasteiger partial charge >= 0.3 is 6.03 Å². The minimum Gasteiger partial charge on any atom is -0.351 e. The summed E-state index contributed by atoms with van der Waals surface area (Å²) in [4.78, 5) is 27.5. The van der Waals surface area contributed by atoms with Crippen LogP contribution in [-0.2, 0) is 0 Å². The highest BCUT2D eigenvalue weighted by molar-refractivity contribution is 9.10. The quantitative estimate of drug-likeness (QED) is 0.590. The van der Waals surface area contributed by atoms with E-state index in [1.54, 1.807) is 24.3 Å². The zero-order valence-electron chi connectivity index (χ0n) is 12.8. The van der Waals surface area contributed by atoms with E-state index in [1.165, 1.54) is 11.3 Å². The molecule has 0 bridgehead atoms. The number of nitrogens with two attached hydrogens (primary N) is 1. The van der Waals surface area contributed by atoms with Gasteiger partial charge in [-0.25, -0.2) is 9.78 Å². The summed E-state index contributed by atoms with van der Waals surface area (Å²) in [6.45, 7) is 0. The second kappa shape index (κ2) is 7.45. The minimum atomic E-state index is -0.653. The Kier molecular flexibility index (Phi) is 5.11. The molecule has 1 heterocycles. The van der Waals surface area contributed by atoms with Crippen molar-refractivity contribution in [3.63, 3.8) is 0 Å². The highest BCUT2D eigenvalue weighted by Gasteiger charge is 2.10. The molecule has 25 heavy (non-hydrogen) atoms. The number of hydrogen-bond acceptors (Lipinski definition) is 4. The van der Waals surface area contributed by atoms with Gasteiger partial charge < -0.3 is 11.1 Å². The van der Waals surface area contributed by atoms with Gasteiger partial charge in [0.05, 0.1) is 5.69 Å². The molecule has 2 aromatic carbocycles. The van der Waals surface area contributed by atoms with Crippen LogP contribution in [0.15, 0.2) is 58.4 Å². The lowest BCUT2D eigenvalue weighted by molar-refractivity contribution is 0.102. The van der Waals surface area contributed by atoms with E-state index in [9.17, 15) is 9.59 Å². The Labute approximate surface area is 156 Å². The Balaban J connectivity index is 1.70. The van der Waals surface area contributed by atoms with Crippen LogP contribution in [-0.4, -0.2) is 16.9 Å². The third-order valence-corrected chi connectivity index (χ3v) is 4.51. The van der Waals surface area contributed by atoms with Gasteiger partial charge in [-0.3, -0.25) is 10.1 Å². The van der Waals surface area contributed by atoms with Gasteiger partial charge in [-0.2, -0.15) is 0 Å². The summed E-state index contributed by atoms with van der Waals surface area (Å²) in [6, 6.07) is 13.5. The molecule has 126 valence electrons. The summed E-state index contributed by atoms with van der Waals surface area (Å²) in [6.07, 6.45) is 0. The van der Waals surface area contributed by atoms with E-state index >= 15 is 0 Å². The zero-order valence-corrected chi connectivity index (χ0v) is 15.2. The molecule has 0 atom stereocenters. The fraction of sp³-hybridized carbons (Fsp3) is 0. The molecule has 0 spiro atoms. The third-order valence-electron chi connectivity index (χ3n) is 3.26. The van der Waals surface area contributed by atoms with E-state index in [2.05, 4.69) is 31.5 Å². The molecule has 0 saturated carbocycles. The molecule has 8 heteroatoms. The largest absolute Gasteiger partial charge is 0.351 e. The van der Waals surface area contributed by atoms with Gasteiger partial charge in [0.15, 0.2) is 5.13 Å². The van der Waals surface area contributed by atoms with Crippen LogP contribution in [0, 0.1) is 0 Å². The average molecular weight is 417 g/mol. The Hall–Kier alpha value is -2.71. The number of carbonyl (C=O) groups is 2. The van der Waals surface area contributed by atoms with E-state index in [0.29, 0.717) is 16.4 Å². The van der Waals surface area contributed by atoms with Crippen molar-refractivity contribution in [2.75, 3.05) is 10.6 Å². The number of benzene rings is 2. The maximum atomic E-state index is 12.3.